The monoisotopic (exact) mass is 269 g/mol. The maximum absolute atomic E-state index is 11.1. The maximum Gasteiger partial charge on any atom is 0.304 e. The van der Waals surface area contributed by atoms with E-state index in [1.165, 1.54) is 6.92 Å². The molecule has 3 heteroatoms. The predicted molar refractivity (Wildman–Crippen MR) is 77.6 cm³/mol. The molecule has 0 aliphatic carbocycles. The summed E-state index contributed by atoms with van der Waals surface area (Å²) in [5.74, 6) is 5.69. The van der Waals surface area contributed by atoms with E-state index in [-0.39, 0.29) is 5.97 Å². The summed E-state index contributed by atoms with van der Waals surface area (Å²) in [5.41, 5.74) is 1.37. The van der Waals surface area contributed by atoms with Crippen molar-refractivity contribution in [3.63, 3.8) is 0 Å². The Labute approximate surface area is 120 Å². The fourth-order valence-electron chi connectivity index (χ4n) is 1.71. The molecule has 0 heterocycles. The summed E-state index contributed by atoms with van der Waals surface area (Å²) in [6.07, 6.45) is 3.63. The first-order chi connectivity index (χ1) is 9.67. The molecule has 0 fully saturated rings. The Morgan fingerprint density at radius 1 is 1.30 bits per heavy atom. The van der Waals surface area contributed by atoms with Gasteiger partial charge in [-0.2, -0.15) is 5.26 Å². The molecular formula is C17H19NO2. The largest absolute Gasteiger partial charge is 0.444 e. The Hall–Kier alpha value is -2.26. The van der Waals surface area contributed by atoms with Crippen LogP contribution in [0.2, 0.25) is 0 Å². The van der Waals surface area contributed by atoms with Gasteiger partial charge >= 0.3 is 5.97 Å². The first-order valence-corrected chi connectivity index (χ1v) is 6.83. The van der Waals surface area contributed by atoms with Crippen LogP contribution < -0.4 is 0 Å². The van der Waals surface area contributed by atoms with Gasteiger partial charge in [-0.15, -0.1) is 0 Å². The molecule has 1 aromatic rings. The minimum absolute atomic E-state index is 0.359. The van der Waals surface area contributed by atoms with E-state index in [0.717, 1.165) is 31.2 Å². The van der Waals surface area contributed by atoms with Crippen LogP contribution in [-0.4, -0.2) is 5.97 Å². The van der Waals surface area contributed by atoms with Gasteiger partial charge in [-0.25, -0.2) is 0 Å². The summed E-state index contributed by atoms with van der Waals surface area (Å²) in [7, 11) is 0. The molecule has 0 aliphatic rings. The second kappa shape index (κ2) is 8.77. The third-order valence-corrected chi connectivity index (χ3v) is 2.76. The van der Waals surface area contributed by atoms with Crippen molar-refractivity contribution in [3.05, 3.63) is 35.4 Å². The highest BCUT2D eigenvalue weighted by molar-refractivity contribution is 5.66. The zero-order valence-corrected chi connectivity index (χ0v) is 12.0. The lowest BCUT2D eigenvalue weighted by Gasteiger charge is -2.11. The van der Waals surface area contributed by atoms with E-state index in [1.807, 2.05) is 0 Å². The van der Waals surface area contributed by atoms with Gasteiger partial charge in [-0.05, 0) is 18.6 Å². The highest BCUT2D eigenvalue weighted by Gasteiger charge is 2.11. The van der Waals surface area contributed by atoms with E-state index < -0.39 is 6.10 Å². The summed E-state index contributed by atoms with van der Waals surface area (Å²) in [4.78, 5) is 11.1. The molecule has 0 radical (unpaired) electrons. The quantitative estimate of drug-likeness (QED) is 0.464. The third kappa shape index (κ3) is 5.59. The number of benzene rings is 1. The van der Waals surface area contributed by atoms with Crippen molar-refractivity contribution in [3.8, 4) is 17.9 Å². The molecule has 0 spiro atoms. The summed E-state index contributed by atoms with van der Waals surface area (Å²) < 4.78 is 5.22. The van der Waals surface area contributed by atoms with E-state index >= 15 is 0 Å². The second-order valence-electron chi connectivity index (χ2n) is 4.50. The van der Waals surface area contributed by atoms with Gasteiger partial charge in [0.15, 0.2) is 6.10 Å². The number of carbonyl (C=O) groups is 1. The number of nitriles is 1. The molecule has 1 rings (SSSR count). The molecule has 104 valence electrons. The second-order valence-corrected chi connectivity index (χ2v) is 4.50. The molecule has 0 aromatic heterocycles. The topological polar surface area (TPSA) is 50.1 Å². The number of esters is 1. The molecule has 20 heavy (non-hydrogen) atoms. The number of ether oxygens (including phenoxy) is 1. The van der Waals surface area contributed by atoms with Crippen molar-refractivity contribution in [1.82, 2.24) is 0 Å². The predicted octanol–water partition coefficient (Wildman–Crippen LogP) is 3.75. The van der Waals surface area contributed by atoms with Crippen LogP contribution >= 0.6 is 0 Å². The molecule has 0 N–H and O–H groups in total. The lowest BCUT2D eigenvalue weighted by molar-refractivity contribution is -0.144. The Morgan fingerprint density at radius 3 is 2.55 bits per heavy atom. The van der Waals surface area contributed by atoms with E-state index in [0.29, 0.717) is 5.56 Å². The normalized spacial score (nSPS) is 10.8. The Bertz CT molecular complexity index is 529. The first-order valence-electron chi connectivity index (χ1n) is 6.83. The van der Waals surface area contributed by atoms with Gasteiger partial charge in [-0.3, -0.25) is 4.79 Å². The van der Waals surface area contributed by atoms with E-state index in [2.05, 4.69) is 24.8 Å². The van der Waals surface area contributed by atoms with Crippen molar-refractivity contribution < 1.29 is 9.53 Å². The van der Waals surface area contributed by atoms with Crippen LogP contribution in [0.5, 0.6) is 0 Å². The number of carbonyl (C=O) groups excluding carboxylic acids is 1. The summed E-state index contributed by atoms with van der Waals surface area (Å²) in [6, 6.07) is 9.00. The van der Waals surface area contributed by atoms with Crippen LogP contribution in [0, 0.1) is 23.2 Å². The fraction of sp³-hybridized carbons (Fsp3) is 0.412. The van der Waals surface area contributed by atoms with E-state index in [9.17, 15) is 4.79 Å². The third-order valence-electron chi connectivity index (χ3n) is 2.76. The van der Waals surface area contributed by atoms with Gasteiger partial charge in [0.05, 0.1) is 11.6 Å². The Morgan fingerprint density at radius 2 is 2.00 bits per heavy atom. The minimum Gasteiger partial charge on any atom is -0.444 e. The Balaban J connectivity index is 2.77. The number of unbranched alkanes of at least 4 members (excludes halogenated alkanes) is 3. The van der Waals surface area contributed by atoms with Crippen LogP contribution in [0.3, 0.4) is 0 Å². The molecule has 1 aromatic carbocycles. The highest BCUT2D eigenvalue weighted by atomic mass is 16.5. The average Bonchev–Trinajstić information content (AvgIpc) is 2.45. The zero-order chi connectivity index (χ0) is 14.8. The van der Waals surface area contributed by atoms with Crippen LogP contribution in [-0.2, 0) is 9.53 Å². The molecule has 0 bridgehead atoms. The number of nitrogens with zero attached hydrogens (tertiary/aromatic N) is 1. The zero-order valence-electron chi connectivity index (χ0n) is 12.0. The molecule has 0 saturated heterocycles. The number of rotatable bonds is 5. The number of hydrogen-bond donors (Lipinski definition) is 0. The molecule has 1 unspecified atom stereocenters. The molecule has 0 amide bonds. The molecule has 0 saturated carbocycles. The van der Waals surface area contributed by atoms with Crippen molar-refractivity contribution in [1.29, 1.82) is 5.26 Å². The summed E-state index contributed by atoms with van der Waals surface area (Å²) in [5, 5.41) is 8.77. The van der Waals surface area contributed by atoms with Gasteiger partial charge in [-0.1, -0.05) is 43.7 Å². The summed E-state index contributed by atoms with van der Waals surface area (Å²) in [6.45, 7) is 3.52. The molecule has 3 nitrogen and oxygen atoms in total. The van der Waals surface area contributed by atoms with Crippen molar-refractivity contribution in [2.75, 3.05) is 0 Å². The fourth-order valence-corrected chi connectivity index (χ4v) is 1.71. The highest BCUT2D eigenvalue weighted by Crippen LogP contribution is 2.17. The molecule has 0 aliphatic heterocycles. The van der Waals surface area contributed by atoms with Gasteiger partial charge in [0.2, 0.25) is 0 Å². The molecular weight excluding hydrogens is 250 g/mol. The standard InChI is InChI=1S/C17H19NO2/c1-3-4-5-6-7-8-17(20-14(2)19)16-11-9-15(13-18)10-12-16/h9-12,17H,3-6H2,1-2H3. The number of hydrogen-bond acceptors (Lipinski definition) is 3. The summed E-state index contributed by atoms with van der Waals surface area (Å²) >= 11 is 0. The van der Waals surface area contributed by atoms with Gasteiger partial charge < -0.3 is 4.74 Å². The van der Waals surface area contributed by atoms with Crippen molar-refractivity contribution in [2.45, 2.75) is 45.6 Å². The van der Waals surface area contributed by atoms with Gasteiger partial charge in [0.1, 0.15) is 0 Å². The van der Waals surface area contributed by atoms with Crippen LogP contribution in [0.1, 0.15) is 56.8 Å². The van der Waals surface area contributed by atoms with Crippen molar-refractivity contribution in [2.24, 2.45) is 0 Å². The Kier molecular flexibility index (Phi) is 6.93. The van der Waals surface area contributed by atoms with Crippen LogP contribution in [0.15, 0.2) is 24.3 Å². The van der Waals surface area contributed by atoms with E-state index in [1.54, 1.807) is 24.3 Å². The van der Waals surface area contributed by atoms with Crippen molar-refractivity contribution >= 4 is 5.97 Å². The minimum atomic E-state index is -0.554. The molecule has 1 atom stereocenters. The smallest absolute Gasteiger partial charge is 0.304 e. The van der Waals surface area contributed by atoms with Gasteiger partial charge in [0.25, 0.3) is 0 Å². The van der Waals surface area contributed by atoms with E-state index in [4.69, 9.17) is 10.00 Å². The average molecular weight is 269 g/mol. The van der Waals surface area contributed by atoms with Crippen LogP contribution in [0.25, 0.3) is 0 Å². The SMILES string of the molecule is CCCCCC#CC(OC(C)=O)c1ccc(C#N)cc1. The van der Waals surface area contributed by atoms with Gasteiger partial charge in [0, 0.05) is 18.9 Å². The lowest BCUT2D eigenvalue weighted by atomic mass is 10.1. The maximum atomic E-state index is 11.1. The first kappa shape index (κ1) is 15.8. The lowest BCUT2D eigenvalue weighted by Crippen LogP contribution is -2.06. The van der Waals surface area contributed by atoms with Crippen LogP contribution in [0.4, 0.5) is 0 Å².